The standard InChI is InChI=1S/C8H7N3O.ClH/c1-11-7(5-12)10-6-3-2-4-9-8(6)11;/h2-5H,1H3;1H. The van der Waals surface area contributed by atoms with Crippen LogP contribution in [0.3, 0.4) is 0 Å². The molecule has 2 heterocycles. The van der Waals surface area contributed by atoms with Gasteiger partial charge < -0.3 is 4.57 Å². The van der Waals surface area contributed by atoms with Crippen LogP contribution in [0.25, 0.3) is 11.2 Å². The molecule has 0 unspecified atom stereocenters. The van der Waals surface area contributed by atoms with Crippen LogP contribution < -0.4 is 0 Å². The summed E-state index contributed by atoms with van der Waals surface area (Å²) in [7, 11) is 1.77. The third-order valence-corrected chi connectivity index (χ3v) is 1.77. The van der Waals surface area contributed by atoms with Gasteiger partial charge in [0.1, 0.15) is 5.52 Å². The van der Waals surface area contributed by atoms with Crippen molar-refractivity contribution in [3.63, 3.8) is 0 Å². The first-order valence-corrected chi connectivity index (χ1v) is 3.55. The highest BCUT2D eigenvalue weighted by Crippen LogP contribution is 2.09. The number of hydrogen-bond acceptors (Lipinski definition) is 3. The average Bonchev–Trinajstić information content (AvgIpc) is 2.44. The molecule has 0 aliphatic heterocycles. The number of nitrogens with zero attached hydrogens (tertiary/aromatic N) is 3. The lowest BCUT2D eigenvalue weighted by molar-refractivity contribution is 0.111. The molecule has 0 aromatic carbocycles. The number of hydrogen-bond donors (Lipinski definition) is 0. The van der Waals surface area contributed by atoms with Crippen LogP contribution >= 0.6 is 12.4 Å². The van der Waals surface area contributed by atoms with Crippen molar-refractivity contribution in [1.82, 2.24) is 14.5 Å². The molecule has 13 heavy (non-hydrogen) atoms. The Hall–Kier alpha value is -1.42. The minimum atomic E-state index is 0. The molecule has 0 aliphatic rings. The molecule has 0 spiro atoms. The van der Waals surface area contributed by atoms with Crippen LogP contribution in [-0.2, 0) is 7.05 Å². The van der Waals surface area contributed by atoms with E-state index in [1.807, 2.05) is 6.07 Å². The molecule has 4 nitrogen and oxygen atoms in total. The Labute approximate surface area is 81.0 Å². The molecule has 0 fully saturated rings. The maximum absolute atomic E-state index is 10.5. The van der Waals surface area contributed by atoms with Crippen LogP contribution in [0.4, 0.5) is 0 Å². The first kappa shape index (κ1) is 9.67. The van der Waals surface area contributed by atoms with Crippen molar-refractivity contribution in [2.45, 2.75) is 0 Å². The second-order valence-corrected chi connectivity index (χ2v) is 2.49. The number of aromatic nitrogens is 3. The molecular weight excluding hydrogens is 190 g/mol. The van der Waals surface area contributed by atoms with Crippen LogP contribution in [0.15, 0.2) is 18.3 Å². The van der Waals surface area contributed by atoms with Crippen molar-refractivity contribution in [2.24, 2.45) is 7.05 Å². The second kappa shape index (κ2) is 3.53. The molecular formula is C8H8ClN3O. The Balaban J connectivity index is 0.000000845. The number of halogens is 1. The predicted molar refractivity (Wildman–Crippen MR) is 51.1 cm³/mol. The van der Waals surface area contributed by atoms with Gasteiger partial charge in [-0.15, -0.1) is 12.4 Å². The number of carbonyl (C=O) groups excluding carboxylic acids is 1. The summed E-state index contributed by atoms with van der Waals surface area (Å²) < 4.78 is 1.67. The third kappa shape index (κ3) is 1.40. The minimum Gasteiger partial charge on any atom is -0.310 e. The maximum Gasteiger partial charge on any atom is 0.185 e. The molecule has 5 heteroatoms. The van der Waals surface area contributed by atoms with E-state index in [9.17, 15) is 4.79 Å². The van der Waals surface area contributed by atoms with E-state index >= 15 is 0 Å². The number of aldehydes is 1. The van der Waals surface area contributed by atoms with Gasteiger partial charge >= 0.3 is 0 Å². The molecule has 0 bridgehead atoms. The molecule has 0 atom stereocenters. The first-order valence-electron chi connectivity index (χ1n) is 3.55. The van der Waals surface area contributed by atoms with Gasteiger partial charge in [0.25, 0.3) is 0 Å². The van der Waals surface area contributed by atoms with Gasteiger partial charge in [0.2, 0.25) is 0 Å². The highest BCUT2D eigenvalue weighted by molar-refractivity contribution is 5.85. The van der Waals surface area contributed by atoms with E-state index in [0.717, 1.165) is 17.5 Å². The van der Waals surface area contributed by atoms with Gasteiger partial charge in [0.15, 0.2) is 17.8 Å². The summed E-state index contributed by atoms with van der Waals surface area (Å²) in [5.74, 6) is 0.406. The molecule has 2 aromatic rings. The summed E-state index contributed by atoms with van der Waals surface area (Å²) in [6, 6.07) is 3.62. The highest BCUT2D eigenvalue weighted by Gasteiger charge is 2.05. The van der Waals surface area contributed by atoms with Gasteiger partial charge in [-0.1, -0.05) is 0 Å². The van der Waals surface area contributed by atoms with Crippen LogP contribution in [0.2, 0.25) is 0 Å². The zero-order valence-electron chi connectivity index (χ0n) is 6.97. The molecule has 0 saturated carbocycles. The van der Waals surface area contributed by atoms with E-state index < -0.39 is 0 Å². The molecule has 0 amide bonds. The maximum atomic E-state index is 10.5. The minimum absolute atomic E-state index is 0. The SMILES string of the molecule is Cl.Cn1c(C=O)nc2cccnc21. The van der Waals surface area contributed by atoms with Crippen molar-refractivity contribution in [1.29, 1.82) is 0 Å². The summed E-state index contributed by atoms with van der Waals surface area (Å²) in [5.41, 5.74) is 1.49. The van der Waals surface area contributed by atoms with E-state index in [1.165, 1.54) is 0 Å². The van der Waals surface area contributed by atoms with E-state index in [4.69, 9.17) is 0 Å². The number of rotatable bonds is 1. The number of imidazole rings is 1. The Morgan fingerprint density at radius 1 is 1.54 bits per heavy atom. The normalized spacial score (nSPS) is 9.62. The van der Waals surface area contributed by atoms with Crippen molar-refractivity contribution in [3.05, 3.63) is 24.2 Å². The Bertz CT molecular complexity index is 438. The Morgan fingerprint density at radius 2 is 2.31 bits per heavy atom. The van der Waals surface area contributed by atoms with Crippen LogP contribution in [0.5, 0.6) is 0 Å². The monoisotopic (exact) mass is 197 g/mol. The predicted octanol–water partition coefficient (Wildman–Crippen LogP) is 1.20. The van der Waals surface area contributed by atoms with E-state index in [2.05, 4.69) is 9.97 Å². The quantitative estimate of drug-likeness (QED) is 0.646. The van der Waals surface area contributed by atoms with Gasteiger partial charge in [0.05, 0.1) is 0 Å². The largest absolute Gasteiger partial charge is 0.310 e. The fourth-order valence-electron chi connectivity index (χ4n) is 1.15. The molecule has 0 radical (unpaired) electrons. The summed E-state index contributed by atoms with van der Waals surface area (Å²) in [6.45, 7) is 0. The molecule has 2 rings (SSSR count). The van der Waals surface area contributed by atoms with E-state index in [-0.39, 0.29) is 12.4 Å². The Morgan fingerprint density at radius 3 is 2.92 bits per heavy atom. The molecule has 2 aromatic heterocycles. The molecule has 68 valence electrons. The topological polar surface area (TPSA) is 47.8 Å². The Kier molecular flexibility index (Phi) is 2.63. The number of aryl methyl sites for hydroxylation is 1. The van der Waals surface area contributed by atoms with Gasteiger partial charge in [0, 0.05) is 13.2 Å². The zero-order chi connectivity index (χ0) is 8.55. The third-order valence-electron chi connectivity index (χ3n) is 1.77. The summed E-state index contributed by atoms with van der Waals surface area (Å²) in [6.07, 6.45) is 2.40. The van der Waals surface area contributed by atoms with Gasteiger partial charge in [-0.25, -0.2) is 9.97 Å². The lowest BCUT2D eigenvalue weighted by Gasteiger charge is -1.91. The van der Waals surface area contributed by atoms with Crippen molar-refractivity contribution in [3.8, 4) is 0 Å². The van der Waals surface area contributed by atoms with Gasteiger partial charge in [-0.05, 0) is 12.1 Å². The number of pyridine rings is 1. The number of carbonyl (C=O) groups is 1. The van der Waals surface area contributed by atoms with Crippen molar-refractivity contribution >= 4 is 29.9 Å². The van der Waals surface area contributed by atoms with Crippen LogP contribution in [0, 0.1) is 0 Å². The fourth-order valence-corrected chi connectivity index (χ4v) is 1.15. The average molecular weight is 198 g/mol. The lowest BCUT2D eigenvalue weighted by Crippen LogP contribution is -1.95. The molecule has 0 aliphatic carbocycles. The molecule has 0 saturated heterocycles. The summed E-state index contributed by atoms with van der Waals surface area (Å²) >= 11 is 0. The van der Waals surface area contributed by atoms with E-state index in [0.29, 0.717) is 5.82 Å². The summed E-state index contributed by atoms with van der Waals surface area (Å²) in [4.78, 5) is 18.6. The van der Waals surface area contributed by atoms with Gasteiger partial charge in [-0.2, -0.15) is 0 Å². The van der Waals surface area contributed by atoms with Crippen LogP contribution in [0.1, 0.15) is 10.6 Å². The number of fused-ring (bicyclic) bond motifs is 1. The van der Waals surface area contributed by atoms with Crippen molar-refractivity contribution in [2.75, 3.05) is 0 Å². The zero-order valence-corrected chi connectivity index (χ0v) is 7.78. The van der Waals surface area contributed by atoms with Gasteiger partial charge in [-0.3, -0.25) is 4.79 Å². The fraction of sp³-hybridized carbons (Fsp3) is 0.125. The lowest BCUT2D eigenvalue weighted by atomic mass is 10.4. The smallest absolute Gasteiger partial charge is 0.185 e. The van der Waals surface area contributed by atoms with Crippen molar-refractivity contribution < 1.29 is 4.79 Å². The van der Waals surface area contributed by atoms with E-state index in [1.54, 1.807) is 23.9 Å². The first-order chi connectivity index (χ1) is 5.83. The highest BCUT2D eigenvalue weighted by atomic mass is 35.5. The second-order valence-electron chi connectivity index (χ2n) is 2.49. The molecule has 0 N–H and O–H groups in total. The summed E-state index contributed by atoms with van der Waals surface area (Å²) in [5, 5.41) is 0. The van der Waals surface area contributed by atoms with Crippen LogP contribution in [-0.4, -0.2) is 20.8 Å².